The smallest absolute Gasteiger partial charge is 0.398 e. The molecule has 0 atom stereocenters. The first-order valence-corrected chi connectivity index (χ1v) is 5.02. The molecule has 0 unspecified atom stereocenters. The molecule has 2 N–H and O–H groups in total. The second-order valence-corrected chi connectivity index (χ2v) is 3.07. The van der Waals surface area contributed by atoms with Crippen molar-refractivity contribution in [3.8, 4) is 0 Å². The molecule has 0 saturated heterocycles. The van der Waals surface area contributed by atoms with E-state index < -0.39 is 16.8 Å². The predicted molar refractivity (Wildman–Crippen MR) is 61.5 cm³/mol. The number of rotatable bonds is 4. The van der Waals surface area contributed by atoms with Crippen molar-refractivity contribution in [3.05, 3.63) is 34.4 Å². The average Bonchev–Trinajstić information content (AvgIpc) is 2.36. The number of benzene rings is 1. The minimum atomic E-state index is -1.07. The van der Waals surface area contributed by atoms with Crippen molar-refractivity contribution < 1.29 is 19.2 Å². The zero-order valence-corrected chi connectivity index (χ0v) is 9.50. The Bertz CT molecular complexity index is 474. The normalized spacial score (nSPS) is 9.39. The molecule has 0 aliphatic carbocycles. The van der Waals surface area contributed by atoms with Gasteiger partial charge in [-0.3, -0.25) is 25.8 Å². The molecule has 0 heterocycles. The highest BCUT2D eigenvalue weighted by Crippen LogP contribution is 2.21. The van der Waals surface area contributed by atoms with Crippen molar-refractivity contribution in [1.29, 1.82) is 0 Å². The van der Waals surface area contributed by atoms with E-state index in [1.54, 1.807) is 13.0 Å². The first kappa shape index (κ1) is 13.4. The lowest BCUT2D eigenvalue weighted by molar-refractivity contribution is -0.384. The van der Waals surface area contributed by atoms with Crippen LogP contribution in [0.1, 0.15) is 6.92 Å². The van der Waals surface area contributed by atoms with E-state index in [4.69, 9.17) is 0 Å². The Morgan fingerprint density at radius 1 is 1.39 bits per heavy atom. The maximum absolute atomic E-state index is 11.2. The number of esters is 1. The third-order valence-corrected chi connectivity index (χ3v) is 1.87. The Morgan fingerprint density at radius 2 is 2.06 bits per heavy atom. The van der Waals surface area contributed by atoms with Gasteiger partial charge in [-0.25, -0.2) is 4.79 Å². The second-order valence-electron chi connectivity index (χ2n) is 3.07. The van der Waals surface area contributed by atoms with Crippen molar-refractivity contribution in [2.45, 2.75) is 6.92 Å². The number of nitro benzene ring substituents is 1. The van der Waals surface area contributed by atoms with E-state index in [9.17, 15) is 19.7 Å². The van der Waals surface area contributed by atoms with Crippen molar-refractivity contribution in [2.24, 2.45) is 0 Å². The Balaban J connectivity index is 2.66. The summed E-state index contributed by atoms with van der Waals surface area (Å²) in [4.78, 5) is 32.2. The number of nitro groups is 1. The molecule has 1 aromatic carbocycles. The van der Waals surface area contributed by atoms with E-state index in [0.29, 0.717) is 0 Å². The van der Waals surface area contributed by atoms with Crippen molar-refractivity contribution in [2.75, 3.05) is 12.0 Å². The minimum Gasteiger partial charge on any atom is -0.459 e. The van der Waals surface area contributed by atoms with Crippen LogP contribution in [0.3, 0.4) is 0 Å². The van der Waals surface area contributed by atoms with Crippen molar-refractivity contribution >= 4 is 23.3 Å². The van der Waals surface area contributed by atoms with Gasteiger partial charge in [0.05, 0.1) is 11.5 Å². The molecule has 18 heavy (non-hydrogen) atoms. The van der Waals surface area contributed by atoms with E-state index >= 15 is 0 Å². The van der Waals surface area contributed by atoms with Crippen molar-refractivity contribution in [3.63, 3.8) is 0 Å². The van der Waals surface area contributed by atoms with Crippen molar-refractivity contribution in [1.82, 2.24) is 5.43 Å². The number of hydrogen-bond donors (Lipinski definition) is 2. The molecule has 1 amide bonds. The first-order chi connectivity index (χ1) is 8.56. The molecule has 0 saturated carbocycles. The highest BCUT2D eigenvalue weighted by molar-refractivity contribution is 6.32. The lowest BCUT2D eigenvalue weighted by Crippen LogP contribution is -2.36. The molecule has 0 fully saturated rings. The van der Waals surface area contributed by atoms with E-state index in [1.165, 1.54) is 18.2 Å². The number of nitrogens with one attached hydrogen (secondary N) is 2. The number of nitrogens with zero attached hydrogens (tertiary/aromatic N) is 1. The van der Waals surface area contributed by atoms with Gasteiger partial charge in [-0.2, -0.15) is 0 Å². The van der Waals surface area contributed by atoms with E-state index in [0.717, 1.165) is 0 Å². The monoisotopic (exact) mass is 253 g/mol. The summed E-state index contributed by atoms with van der Waals surface area (Å²) in [6.07, 6.45) is 0. The van der Waals surface area contributed by atoms with E-state index in [-0.39, 0.29) is 18.0 Å². The van der Waals surface area contributed by atoms with Gasteiger partial charge >= 0.3 is 11.9 Å². The standard InChI is InChI=1S/C10H11N3O5/c1-2-18-10(15)9(14)12-11-7-5-3-4-6-8(7)13(16)17/h3-6,11H,2H2,1H3,(H,12,14). The van der Waals surface area contributed by atoms with Crippen LogP contribution < -0.4 is 10.9 Å². The highest BCUT2D eigenvalue weighted by Gasteiger charge is 2.17. The highest BCUT2D eigenvalue weighted by atomic mass is 16.6. The van der Waals surface area contributed by atoms with E-state index in [1.807, 2.05) is 5.43 Å². The average molecular weight is 253 g/mol. The molecular formula is C10H11N3O5. The molecule has 8 heteroatoms. The van der Waals surface area contributed by atoms with Gasteiger partial charge in [0.25, 0.3) is 5.69 Å². The predicted octanol–water partition coefficient (Wildman–Crippen LogP) is 0.601. The van der Waals surface area contributed by atoms with Gasteiger partial charge in [0.1, 0.15) is 5.69 Å². The number of carbonyl (C=O) groups excluding carboxylic acids is 2. The lowest BCUT2D eigenvalue weighted by atomic mass is 10.3. The van der Waals surface area contributed by atoms with Gasteiger partial charge in [0.15, 0.2) is 0 Å². The number of hydrogen-bond acceptors (Lipinski definition) is 6. The summed E-state index contributed by atoms with van der Waals surface area (Å²) in [7, 11) is 0. The van der Waals surface area contributed by atoms with E-state index in [2.05, 4.69) is 10.2 Å². The summed E-state index contributed by atoms with van der Waals surface area (Å²) in [6, 6.07) is 5.69. The quantitative estimate of drug-likeness (QED) is 0.352. The maximum Gasteiger partial charge on any atom is 0.398 e. The molecule has 8 nitrogen and oxygen atoms in total. The zero-order valence-electron chi connectivity index (χ0n) is 9.50. The molecule has 0 aromatic heterocycles. The zero-order chi connectivity index (χ0) is 13.5. The summed E-state index contributed by atoms with van der Waals surface area (Å²) in [5, 5.41) is 10.7. The van der Waals surface area contributed by atoms with Crippen LogP contribution in [0, 0.1) is 10.1 Å². The maximum atomic E-state index is 11.2. The van der Waals surface area contributed by atoms with Crippen LogP contribution >= 0.6 is 0 Å². The fourth-order valence-corrected chi connectivity index (χ4v) is 1.11. The molecule has 1 rings (SSSR count). The number of anilines is 1. The number of amides is 1. The summed E-state index contributed by atoms with van der Waals surface area (Å²) in [5.41, 5.74) is 4.15. The lowest BCUT2D eigenvalue weighted by Gasteiger charge is -2.07. The molecule has 0 aliphatic rings. The van der Waals surface area contributed by atoms with Gasteiger partial charge in [-0.05, 0) is 13.0 Å². The molecule has 0 radical (unpaired) electrons. The molecule has 0 aliphatic heterocycles. The Hall–Kier alpha value is -2.64. The van der Waals surface area contributed by atoms with Gasteiger partial charge in [-0.1, -0.05) is 12.1 Å². The third-order valence-electron chi connectivity index (χ3n) is 1.87. The topological polar surface area (TPSA) is 111 Å². The van der Waals surface area contributed by atoms with Crippen LogP contribution in [0.15, 0.2) is 24.3 Å². The first-order valence-electron chi connectivity index (χ1n) is 5.02. The number of hydrazine groups is 1. The van der Waals surface area contributed by atoms with Gasteiger partial charge in [0.2, 0.25) is 0 Å². The second kappa shape index (κ2) is 6.18. The Labute approximate surface area is 102 Å². The molecule has 0 bridgehead atoms. The summed E-state index contributed by atoms with van der Waals surface area (Å²) in [6.45, 7) is 1.62. The molecule has 1 aromatic rings. The molecular weight excluding hydrogens is 242 g/mol. The minimum absolute atomic E-state index is 0.0672. The summed E-state index contributed by atoms with van der Waals surface area (Å²) in [5.74, 6) is -2.10. The fraction of sp³-hybridized carbons (Fsp3) is 0.200. The largest absolute Gasteiger partial charge is 0.459 e. The van der Waals surface area contributed by atoms with Crippen LogP contribution in [0.2, 0.25) is 0 Å². The van der Waals surface area contributed by atoms with Gasteiger partial charge < -0.3 is 4.74 Å². The Kier molecular flexibility index (Phi) is 4.61. The molecule has 0 spiro atoms. The van der Waals surface area contributed by atoms with Crippen LogP contribution in [0.25, 0.3) is 0 Å². The van der Waals surface area contributed by atoms with Crippen LogP contribution in [0.5, 0.6) is 0 Å². The number of carbonyl (C=O) groups is 2. The van der Waals surface area contributed by atoms with Crippen LogP contribution in [-0.4, -0.2) is 23.4 Å². The van der Waals surface area contributed by atoms with Crippen LogP contribution in [-0.2, 0) is 14.3 Å². The fourth-order valence-electron chi connectivity index (χ4n) is 1.11. The van der Waals surface area contributed by atoms with Gasteiger partial charge in [-0.15, -0.1) is 0 Å². The summed E-state index contributed by atoms with van der Waals surface area (Å²) >= 11 is 0. The number of ether oxygens (including phenoxy) is 1. The Morgan fingerprint density at radius 3 is 2.67 bits per heavy atom. The SMILES string of the molecule is CCOC(=O)C(=O)NNc1ccccc1[N+](=O)[O-]. The number of para-hydroxylation sites is 2. The van der Waals surface area contributed by atoms with Crippen LogP contribution in [0.4, 0.5) is 11.4 Å². The summed E-state index contributed by atoms with van der Waals surface area (Å²) < 4.78 is 4.44. The molecule has 96 valence electrons. The third kappa shape index (κ3) is 3.44. The van der Waals surface area contributed by atoms with Gasteiger partial charge in [0, 0.05) is 6.07 Å².